The fraction of sp³-hybridized carbons (Fsp3) is 0.200. The van der Waals surface area contributed by atoms with E-state index in [1.165, 1.54) is 11.1 Å². The molecule has 17 heavy (non-hydrogen) atoms. The van der Waals surface area contributed by atoms with Crippen LogP contribution in [0.5, 0.6) is 5.75 Å². The molecule has 0 saturated carbocycles. The van der Waals surface area contributed by atoms with E-state index in [1.807, 2.05) is 37.3 Å². The van der Waals surface area contributed by atoms with E-state index in [1.54, 1.807) is 0 Å². The molecule has 0 bridgehead atoms. The van der Waals surface area contributed by atoms with Crippen LogP contribution in [0.3, 0.4) is 0 Å². The SMILES string of the molecule is CC(CBr)Oc1ccc(-c2ccccc2)cc1. The van der Waals surface area contributed by atoms with Crippen molar-refractivity contribution in [1.82, 2.24) is 0 Å². The summed E-state index contributed by atoms with van der Waals surface area (Å²) < 4.78 is 5.71. The van der Waals surface area contributed by atoms with Crippen molar-refractivity contribution in [2.45, 2.75) is 13.0 Å². The zero-order valence-corrected chi connectivity index (χ0v) is 11.4. The Hall–Kier alpha value is -1.28. The maximum atomic E-state index is 5.71. The summed E-state index contributed by atoms with van der Waals surface area (Å²) in [4.78, 5) is 0. The first-order chi connectivity index (χ1) is 8.29. The topological polar surface area (TPSA) is 9.23 Å². The molecule has 2 rings (SSSR count). The van der Waals surface area contributed by atoms with Gasteiger partial charge in [-0.1, -0.05) is 58.4 Å². The second kappa shape index (κ2) is 5.87. The van der Waals surface area contributed by atoms with E-state index in [0.29, 0.717) is 0 Å². The molecule has 0 heterocycles. The second-order valence-electron chi connectivity index (χ2n) is 3.97. The summed E-state index contributed by atoms with van der Waals surface area (Å²) in [6, 6.07) is 18.5. The van der Waals surface area contributed by atoms with Gasteiger partial charge in [-0.15, -0.1) is 0 Å². The van der Waals surface area contributed by atoms with Crippen LogP contribution in [-0.4, -0.2) is 11.4 Å². The van der Waals surface area contributed by atoms with E-state index in [9.17, 15) is 0 Å². The highest BCUT2D eigenvalue weighted by molar-refractivity contribution is 9.09. The summed E-state index contributed by atoms with van der Waals surface area (Å²) in [5.74, 6) is 0.914. The van der Waals surface area contributed by atoms with Gasteiger partial charge in [0.2, 0.25) is 0 Å². The zero-order chi connectivity index (χ0) is 12.1. The van der Waals surface area contributed by atoms with Gasteiger partial charge in [-0.3, -0.25) is 0 Å². The van der Waals surface area contributed by atoms with Gasteiger partial charge in [-0.05, 0) is 30.2 Å². The van der Waals surface area contributed by atoms with E-state index in [4.69, 9.17) is 4.74 Å². The summed E-state index contributed by atoms with van der Waals surface area (Å²) in [7, 11) is 0. The molecular weight excluding hydrogens is 276 g/mol. The van der Waals surface area contributed by atoms with Crippen molar-refractivity contribution in [2.24, 2.45) is 0 Å². The van der Waals surface area contributed by atoms with Gasteiger partial charge in [-0.25, -0.2) is 0 Å². The van der Waals surface area contributed by atoms with Gasteiger partial charge < -0.3 is 4.74 Å². The molecule has 1 atom stereocenters. The van der Waals surface area contributed by atoms with Crippen LogP contribution in [0.15, 0.2) is 54.6 Å². The Morgan fingerprint density at radius 1 is 0.941 bits per heavy atom. The van der Waals surface area contributed by atoms with E-state index >= 15 is 0 Å². The lowest BCUT2D eigenvalue weighted by Crippen LogP contribution is -2.12. The Morgan fingerprint density at radius 2 is 1.53 bits per heavy atom. The van der Waals surface area contributed by atoms with Crippen LogP contribution >= 0.6 is 15.9 Å². The summed E-state index contributed by atoms with van der Waals surface area (Å²) in [6.45, 7) is 2.04. The third kappa shape index (κ3) is 3.34. The molecule has 0 saturated heterocycles. The van der Waals surface area contributed by atoms with Crippen molar-refractivity contribution in [3.63, 3.8) is 0 Å². The minimum Gasteiger partial charge on any atom is -0.490 e. The van der Waals surface area contributed by atoms with Crippen molar-refractivity contribution >= 4 is 15.9 Å². The van der Waals surface area contributed by atoms with E-state index < -0.39 is 0 Å². The Balaban J connectivity index is 2.13. The maximum absolute atomic E-state index is 5.71. The van der Waals surface area contributed by atoms with Gasteiger partial charge in [0.05, 0.1) is 0 Å². The van der Waals surface area contributed by atoms with Crippen LogP contribution in [0.1, 0.15) is 6.92 Å². The quantitative estimate of drug-likeness (QED) is 0.753. The van der Waals surface area contributed by atoms with Gasteiger partial charge in [0.15, 0.2) is 0 Å². The van der Waals surface area contributed by atoms with E-state index in [2.05, 4.69) is 40.2 Å². The molecule has 88 valence electrons. The molecule has 0 spiro atoms. The smallest absolute Gasteiger partial charge is 0.119 e. The molecule has 0 fully saturated rings. The minimum atomic E-state index is 0.192. The molecule has 2 aromatic carbocycles. The molecule has 0 aliphatic rings. The van der Waals surface area contributed by atoms with E-state index in [0.717, 1.165) is 11.1 Å². The molecule has 2 aromatic rings. The predicted octanol–water partition coefficient (Wildman–Crippen LogP) is 4.52. The lowest BCUT2D eigenvalue weighted by atomic mass is 10.1. The third-order valence-electron chi connectivity index (χ3n) is 2.52. The van der Waals surface area contributed by atoms with Gasteiger partial charge in [0.25, 0.3) is 0 Å². The van der Waals surface area contributed by atoms with Crippen molar-refractivity contribution in [2.75, 3.05) is 5.33 Å². The Bertz CT molecular complexity index is 450. The fourth-order valence-electron chi connectivity index (χ4n) is 1.62. The first kappa shape index (κ1) is 12.2. The molecule has 0 amide bonds. The van der Waals surface area contributed by atoms with Crippen molar-refractivity contribution in [3.05, 3.63) is 54.6 Å². The van der Waals surface area contributed by atoms with E-state index in [-0.39, 0.29) is 6.10 Å². The lowest BCUT2D eigenvalue weighted by molar-refractivity contribution is 0.248. The highest BCUT2D eigenvalue weighted by atomic mass is 79.9. The molecular formula is C15H15BrO. The van der Waals surface area contributed by atoms with Crippen LogP contribution in [0, 0.1) is 0 Å². The molecule has 0 aromatic heterocycles. The van der Waals surface area contributed by atoms with Crippen LogP contribution in [0.25, 0.3) is 11.1 Å². The average Bonchev–Trinajstić information content (AvgIpc) is 2.40. The van der Waals surface area contributed by atoms with Crippen LogP contribution in [-0.2, 0) is 0 Å². The van der Waals surface area contributed by atoms with Crippen LogP contribution in [0.4, 0.5) is 0 Å². The molecule has 0 N–H and O–H groups in total. The summed E-state index contributed by atoms with van der Waals surface area (Å²) in [6.07, 6.45) is 0.192. The number of rotatable bonds is 4. The summed E-state index contributed by atoms with van der Waals surface area (Å²) in [5.41, 5.74) is 2.44. The second-order valence-corrected chi connectivity index (χ2v) is 4.62. The van der Waals surface area contributed by atoms with Crippen molar-refractivity contribution in [3.8, 4) is 16.9 Å². The number of benzene rings is 2. The number of ether oxygens (including phenoxy) is 1. The first-order valence-electron chi connectivity index (χ1n) is 5.67. The predicted molar refractivity (Wildman–Crippen MR) is 75.8 cm³/mol. The van der Waals surface area contributed by atoms with Gasteiger partial charge >= 0.3 is 0 Å². The number of alkyl halides is 1. The molecule has 2 heteroatoms. The average molecular weight is 291 g/mol. The zero-order valence-electron chi connectivity index (χ0n) is 9.77. The maximum Gasteiger partial charge on any atom is 0.119 e. The molecule has 0 radical (unpaired) electrons. The van der Waals surface area contributed by atoms with Crippen LogP contribution < -0.4 is 4.74 Å². The normalized spacial score (nSPS) is 12.1. The molecule has 0 aliphatic heterocycles. The molecule has 0 aliphatic carbocycles. The standard InChI is InChI=1S/C15H15BrO/c1-12(11-16)17-15-9-7-14(8-10-15)13-5-3-2-4-6-13/h2-10,12H,11H2,1H3. The fourth-order valence-corrected chi connectivity index (χ4v) is 1.75. The number of halogens is 1. The first-order valence-corrected chi connectivity index (χ1v) is 6.80. The van der Waals surface area contributed by atoms with Crippen molar-refractivity contribution in [1.29, 1.82) is 0 Å². The Kier molecular flexibility index (Phi) is 4.21. The number of hydrogen-bond acceptors (Lipinski definition) is 1. The van der Waals surface area contributed by atoms with Gasteiger partial charge in [0, 0.05) is 5.33 Å². The van der Waals surface area contributed by atoms with Gasteiger partial charge in [-0.2, -0.15) is 0 Å². The Morgan fingerprint density at radius 3 is 2.12 bits per heavy atom. The number of hydrogen-bond donors (Lipinski definition) is 0. The highest BCUT2D eigenvalue weighted by Crippen LogP contribution is 2.22. The minimum absolute atomic E-state index is 0.192. The highest BCUT2D eigenvalue weighted by Gasteiger charge is 2.02. The van der Waals surface area contributed by atoms with Crippen molar-refractivity contribution < 1.29 is 4.74 Å². The lowest BCUT2D eigenvalue weighted by Gasteiger charge is -2.12. The molecule has 1 unspecified atom stereocenters. The summed E-state index contributed by atoms with van der Waals surface area (Å²) in [5, 5.41) is 0.841. The van der Waals surface area contributed by atoms with Crippen LogP contribution in [0.2, 0.25) is 0 Å². The third-order valence-corrected chi connectivity index (χ3v) is 3.43. The van der Waals surface area contributed by atoms with Gasteiger partial charge in [0.1, 0.15) is 11.9 Å². The molecule has 1 nitrogen and oxygen atoms in total. The largest absolute Gasteiger partial charge is 0.490 e. The monoisotopic (exact) mass is 290 g/mol. The Labute approximate surface area is 111 Å². The summed E-state index contributed by atoms with van der Waals surface area (Å²) >= 11 is 3.40.